The molecular formula is C12H6F2N4. The van der Waals surface area contributed by atoms with E-state index in [1.165, 1.54) is 24.3 Å². The number of alkyl halides is 2. The fourth-order valence-corrected chi connectivity index (χ4v) is 1.14. The second-order valence-corrected chi connectivity index (χ2v) is 3.13. The highest BCUT2D eigenvalue weighted by atomic mass is 19.3. The second-order valence-electron chi connectivity index (χ2n) is 3.13. The monoisotopic (exact) mass is 244 g/mol. The van der Waals surface area contributed by atoms with Gasteiger partial charge in [-0.05, 0) is 12.1 Å². The van der Waals surface area contributed by atoms with Gasteiger partial charge < -0.3 is 5.32 Å². The molecule has 0 aliphatic carbocycles. The first kappa shape index (κ1) is 13.2. The molecule has 0 heterocycles. The maximum atomic E-state index is 12.3. The minimum absolute atomic E-state index is 0.149. The molecule has 0 radical (unpaired) electrons. The molecule has 1 rings (SSSR count). The molecule has 0 atom stereocenters. The third-order valence-corrected chi connectivity index (χ3v) is 2.02. The van der Waals surface area contributed by atoms with Crippen molar-refractivity contribution in [2.45, 2.75) is 6.43 Å². The summed E-state index contributed by atoms with van der Waals surface area (Å²) in [7, 11) is 0. The summed E-state index contributed by atoms with van der Waals surface area (Å²) in [5, 5.41) is 28.5. The molecular weight excluding hydrogens is 238 g/mol. The van der Waals surface area contributed by atoms with Crippen LogP contribution in [0, 0.1) is 34.0 Å². The molecule has 0 aliphatic heterocycles. The van der Waals surface area contributed by atoms with Crippen LogP contribution in [0.25, 0.3) is 0 Å². The summed E-state index contributed by atoms with van der Waals surface area (Å²) < 4.78 is 24.6. The highest BCUT2D eigenvalue weighted by Gasteiger charge is 2.08. The molecule has 0 fully saturated rings. The van der Waals surface area contributed by atoms with E-state index in [4.69, 9.17) is 15.8 Å². The summed E-state index contributed by atoms with van der Waals surface area (Å²) in [6.45, 7) is 0. The van der Waals surface area contributed by atoms with E-state index in [1.54, 1.807) is 18.2 Å². The van der Waals surface area contributed by atoms with Gasteiger partial charge in [-0.3, -0.25) is 0 Å². The van der Waals surface area contributed by atoms with Crippen LogP contribution < -0.4 is 5.32 Å². The number of hydrogen-bond donors (Lipinski definition) is 1. The molecule has 1 aromatic carbocycles. The lowest BCUT2D eigenvalue weighted by Gasteiger charge is -2.05. The van der Waals surface area contributed by atoms with E-state index in [0.29, 0.717) is 5.69 Å². The first-order valence-electron chi connectivity index (χ1n) is 4.72. The van der Waals surface area contributed by atoms with Crippen LogP contribution in [0.3, 0.4) is 0 Å². The van der Waals surface area contributed by atoms with Gasteiger partial charge in [0.15, 0.2) is 5.57 Å². The number of benzene rings is 1. The second kappa shape index (κ2) is 5.98. The number of allylic oxidation sites excluding steroid dienone is 2. The van der Waals surface area contributed by atoms with Crippen LogP contribution in [0.15, 0.2) is 35.5 Å². The van der Waals surface area contributed by atoms with Crippen molar-refractivity contribution >= 4 is 5.69 Å². The Bertz CT molecular complexity index is 566. The Labute approximate surface area is 102 Å². The molecule has 0 saturated carbocycles. The molecule has 0 bridgehead atoms. The minimum atomic E-state index is -2.57. The molecule has 0 spiro atoms. The third kappa shape index (κ3) is 3.04. The standard InChI is InChI=1S/C12H6F2N4/c13-12(14)8-1-3-10(4-2-8)18-11(7-17)9(5-15)6-16/h1-4,12,18H. The molecule has 0 amide bonds. The molecule has 0 unspecified atom stereocenters. The predicted octanol–water partition coefficient (Wildman–Crippen LogP) is 2.86. The average Bonchev–Trinajstić information content (AvgIpc) is 2.39. The Kier molecular flexibility index (Phi) is 4.37. The van der Waals surface area contributed by atoms with Gasteiger partial charge in [0.1, 0.15) is 23.9 Å². The predicted molar refractivity (Wildman–Crippen MR) is 58.9 cm³/mol. The van der Waals surface area contributed by atoms with Crippen molar-refractivity contribution in [3.05, 3.63) is 41.1 Å². The molecule has 6 heteroatoms. The van der Waals surface area contributed by atoms with E-state index < -0.39 is 6.43 Å². The van der Waals surface area contributed by atoms with Gasteiger partial charge in [0.25, 0.3) is 6.43 Å². The molecule has 1 aromatic rings. The van der Waals surface area contributed by atoms with Crippen LogP contribution >= 0.6 is 0 Å². The van der Waals surface area contributed by atoms with E-state index in [0.717, 1.165) is 0 Å². The molecule has 0 saturated heterocycles. The first-order valence-corrected chi connectivity index (χ1v) is 4.72. The average molecular weight is 244 g/mol. The van der Waals surface area contributed by atoms with E-state index in [-0.39, 0.29) is 16.8 Å². The number of nitrogens with one attached hydrogen (secondary N) is 1. The van der Waals surface area contributed by atoms with E-state index in [2.05, 4.69) is 5.32 Å². The van der Waals surface area contributed by atoms with Gasteiger partial charge in [0.2, 0.25) is 0 Å². The van der Waals surface area contributed by atoms with Crippen LogP contribution in [0.2, 0.25) is 0 Å². The Balaban J connectivity index is 2.99. The van der Waals surface area contributed by atoms with Gasteiger partial charge in [-0.2, -0.15) is 15.8 Å². The molecule has 88 valence electrons. The van der Waals surface area contributed by atoms with Crippen LogP contribution in [0.1, 0.15) is 12.0 Å². The number of halogens is 2. The molecule has 0 aliphatic rings. The lowest BCUT2D eigenvalue weighted by molar-refractivity contribution is 0.151. The van der Waals surface area contributed by atoms with Crippen molar-refractivity contribution in [2.75, 3.05) is 5.32 Å². The molecule has 1 N–H and O–H groups in total. The lowest BCUT2D eigenvalue weighted by Crippen LogP contribution is -2.00. The summed E-state index contributed by atoms with van der Waals surface area (Å²) >= 11 is 0. The summed E-state index contributed by atoms with van der Waals surface area (Å²) in [6, 6.07) is 9.86. The third-order valence-electron chi connectivity index (χ3n) is 2.02. The summed E-state index contributed by atoms with van der Waals surface area (Å²) in [5.74, 6) is 0. The van der Waals surface area contributed by atoms with Crippen LogP contribution in [0.5, 0.6) is 0 Å². The zero-order valence-electron chi connectivity index (χ0n) is 8.98. The van der Waals surface area contributed by atoms with Gasteiger partial charge in [0.05, 0.1) is 0 Å². The fourth-order valence-electron chi connectivity index (χ4n) is 1.14. The Morgan fingerprint density at radius 1 is 1.00 bits per heavy atom. The summed E-state index contributed by atoms with van der Waals surface area (Å²) in [5.41, 5.74) is -0.386. The van der Waals surface area contributed by atoms with Crippen molar-refractivity contribution in [3.8, 4) is 18.2 Å². The Morgan fingerprint density at radius 3 is 1.94 bits per heavy atom. The fraction of sp³-hybridized carbons (Fsp3) is 0.0833. The number of nitriles is 3. The van der Waals surface area contributed by atoms with E-state index in [1.807, 2.05) is 0 Å². The zero-order valence-corrected chi connectivity index (χ0v) is 8.98. The smallest absolute Gasteiger partial charge is 0.263 e. The van der Waals surface area contributed by atoms with E-state index in [9.17, 15) is 8.78 Å². The summed E-state index contributed by atoms with van der Waals surface area (Å²) in [6.07, 6.45) is -2.57. The van der Waals surface area contributed by atoms with Crippen molar-refractivity contribution in [1.82, 2.24) is 0 Å². The van der Waals surface area contributed by atoms with E-state index >= 15 is 0 Å². The normalized spacial score (nSPS) is 8.89. The highest BCUT2D eigenvalue weighted by Crippen LogP contribution is 2.21. The quantitative estimate of drug-likeness (QED) is 0.828. The van der Waals surface area contributed by atoms with Crippen molar-refractivity contribution in [1.29, 1.82) is 15.8 Å². The highest BCUT2D eigenvalue weighted by molar-refractivity contribution is 5.58. The number of rotatable bonds is 3. The van der Waals surface area contributed by atoms with Gasteiger partial charge >= 0.3 is 0 Å². The maximum Gasteiger partial charge on any atom is 0.263 e. The topological polar surface area (TPSA) is 83.4 Å². The maximum absolute atomic E-state index is 12.3. The lowest BCUT2D eigenvalue weighted by atomic mass is 10.2. The van der Waals surface area contributed by atoms with Crippen molar-refractivity contribution in [2.24, 2.45) is 0 Å². The number of hydrogen-bond acceptors (Lipinski definition) is 4. The van der Waals surface area contributed by atoms with Crippen LogP contribution in [-0.4, -0.2) is 0 Å². The number of nitrogens with zero attached hydrogens (tertiary/aromatic N) is 3. The van der Waals surface area contributed by atoms with Gasteiger partial charge in [-0.1, -0.05) is 12.1 Å². The molecule has 0 aromatic heterocycles. The zero-order chi connectivity index (χ0) is 13.5. The SMILES string of the molecule is N#CC(C#N)=C(C#N)Nc1ccc(C(F)F)cc1. The van der Waals surface area contributed by atoms with Crippen LogP contribution in [0.4, 0.5) is 14.5 Å². The van der Waals surface area contributed by atoms with Crippen molar-refractivity contribution in [3.63, 3.8) is 0 Å². The first-order chi connectivity index (χ1) is 8.62. The summed E-state index contributed by atoms with van der Waals surface area (Å²) in [4.78, 5) is 0. The van der Waals surface area contributed by atoms with Crippen LogP contribution in [-0.2, 0) is 0 Å². The molecule has 18 heavy (non-hydrogen) atoms. The Hall–Kier alpha value is -2.91. The van der Waals surface area contributed by atoms with Gasteiger partial charge in [0, 0.05) is 11.3 Å². The van der Waals surface area contributed by atoms with Gasteiger partial charge in [-0.25, -0.2) is 8.78 Å². The number of anilines is 1. The Morgan fingerprint density at radius 2 is 1.56 bits per heavy atom. The minimum Gasteiger partial charge on any atom is -0.345 e. The van der Waals surface area contributed by atoms with Gasteiger partial charge in [-0.15, -0.1) is 0 Å². The van der Waals surface area contributed by atoms with Crippen molar-refractivity contribution < 1.29 is 8.78 Å². The largest absolute Gasteiger partial charge is 0.345 e. The molecule has 4 nitrogen and oxygen atoms in total.